The Labute approximate surface area is 167 Å². The standard InChI is InChI=1S/C22H20N2O5/c1-13-7-8-15-16(9-13)21(27)24(20(15)26)12-19(25)23-10-17(18(11-23)22(28)29)14-5-3-2-4-6-14/h2-9,17-18H,10-12H2,1H3,(H,28,29)/t17-,18-/m0/s1. The molecule has 0 saturated carbocycles. The molecule has 3 amide bonds. The molecule has 2 aromatic carbocycles. The Morgan fingerprint density at radius 2 is 1.69 bits per heavy atom. The summed E-state index contributed by atoms with van der Waals surface area (Å²) in [5.41, 5.74) is 2.30. The summed E-state index contributed by atoms with van der Waals surface area (Å²) < 4.78 is 0. The van der Waals surface area contributed by atoms with Gasteiger partial charge in [-0.15, -0.1) is 0 Å². The largest absolute Gasteiger partial charge is 0.481 e. The number of likely N-dealkylation sites (tertiary alicyclic amines) is 1. The number of aryl methyl sites for hydroxylation is 1. The summed E-state index contributed by atoms with van der Waals surface area (Å²) in [4.78, 5) is 52.1. The molecular formula is C22H20N2O5. The van der Waals surface area contributed by atoms with Crippen molar-refractivity contribution in [2.24, 2.45) is 5.92 Å². The van der Waals surface area contributed by atoms with E-state index in [2.05, 4.69) is 0 Å². The zero-order valence-corrected chi connectivity index (χ0v) is 15.9. The van der Waals surface area contributed by atoms with E-state index in [4.69, 9.17) is 0 Å². The minimum Gasteiger partial charge on any atom is -0.481 e. The van der Waals surface area contributed by atoms with Gasteiger partial charge in [-0.1, -0.05) is 42.0 Å². The maximum Gasteiger partial charge on any atom is 0.308 e. The summed E-state index contributed by atoms with van der Waals surface area (Å²) in [6.45, 7) is 1.73. The zero-order chi connectivity index (χ0) is 20.7. The molecule has 4 rings (SSSR count). The maximum atomic E-state index is 12.8. The number of carbonyl (C=O) groups is 4. The highest BCUT2D eigenvalue weighted by Crippen LogP contribution is 2.33. The average Bonchev–Trinajstić information content (AvgIpc) is 3.25. The molecule has 0 spiro atoms. The lowest BCUT2D eigenvalue weighted by atomic mass is 9.89. The van der Waals surface area contributed by atoms with E-state index < -0.39 is 29.6 Å². The highest BCUT2D eigenvalue weighted by atomic mass is 16.4. The first kappa shape index (κ1) is 18.9. The second-order valence-corrected chi connectivity index (χ2v) is 7.51. The Morgan fingerprint density at radius 3 is 2.38 bits per heavy atom. The van der Waals surface area contributed by atoms with Crippen molar-refractivity contribution < 1.29 is 24.3 Å². The Morgan fingerprint density at radius 1 is 1.00 bits per heavy atom. The van der Waals surface area contributed by atoms with E-state index in [1.807, 2.05) is 37.3 Å². The van der Waals surface area contributed by atoms with Gasteiger partial charge in [0.05, 0.1) is 17.0 Å². The van der Waals surface area contributed by atoms with Crippen LogP contribution >= 0.6 is 0 Å². The van der Waals surface area contributed by atoms with Crippen LogP contribution in [0.3, 0.4) is 0 Å². The van der Waals surface area contributed by atoms with Crippen LogP contribution in [0.1, 0.15) is 37.8 Å². The number of benzene rings is 2. The van der Waals surface area contributed by atoms with Gasteiger partial charge in [-0.3, -0.25) is 24.1 Å². The molecule has 2 heterocycles. The first-order valence-corrected chi connectivity index (χ1v) is 9.39. The van der Waals surface area contributed by atoms with E-state index in [9.17, 15) is 24.3 Å². The maximum absolute atomic E-state index is 12.8. The number of fused-ring (bicyclic) bond motifs is 1. The van der Waals surface area contributed by atoms with Gasteiger partial charge < -0.3 is 10.0 Å². The van der Waals surface area contributed by atoms with Crippen LogP contribution in [0.4, 0.5) is 0 Å². The number of aliphatic carboxylic acids is 1. The second-order valence-electron chi connectivity index (χ2n) is 7.51. The molecule has 7 heteroatoms. The van der Waals surface area contributed by atoms with Gasteiger partial charge in [0.15, 0.2) is 0 Å². The van der Waals surface area contributed by atoms with Crippen molar-refractivity contribution in [2.75, 3.05) is 19.6 Å². The van der Waals surface area contributed by atoms with Crippen LogP contribution in [0.5, 0.6) is 0 Å². The summed E-state index contributed by atoms with van der Waals surface area (Å²) in [7, 11) is 0. The number of amides is 3. The van der Waals surface area contributed by atoms with E-state index >= 15 is 0 Å². The van der Waals surface area contributed by atoms with Crippen molar-refractivity contribution in [3.8, 4) is 0 Å². The zero-order valence-electron chi connectivity index (χ0n) is 15.9. The van der Waals surface area contributed by atoms with E-state index in [1.165, 1.54) is 4.90 Å². The van der Waals surface area contributed by atoms with E-state index in [1.54, 1.807) is 18.2 Å². The van der Waals surface area contributed by atoms with Crippen LogP contribution in [0.2, 0.25) is 0 Å². The van der Waals surface area contributed by atoms with Gasteiger partial charge in [0.2, 0.25) is 5.91 Å². The molecule has 7 nitrogen and oxygen atoms in total. The molecule has 0 radical (unpaired) electrons. The van der Waals surface area contributed by atoms with Crippen LogP contribution in [-0.4, -0.2) is 58.2 Å². The fourth-order valence-corrected chi connectivity index (χ4v) is 4.08. The Hall–Kier alpha value is -3.48. The van der Waals surface area contributed by atoms with Gasteiger partial charge in [-0.25, -0.2) is 0 Å². The van der Waals surface area contributed by atoms with Gasteiger partial charge in [-0.2, -0.15) is 0 Å². The van der Waals surface area contributed by atoms with Crippen LogP contribution in [-0.2, 0) is 9.59 Å². The second kappa shape index (κ2) is 7.16. The smallest absolute Gasteiger partial charge is 0.308 e. The monoisotopic (exact) mass is 392 g/mol. The lowest BCUT2D eigenvalue weighted by molar-refractivity contribution is -0.141. The molecule has 0 aromatic heterocycles. The van der Waals surface area contributed by atoms with Gasteiger partial charge in [0.25, 0.3) is 11.8 Å². The third-order valence-electron chi connectivity index (χ3n) is 5.64. The van der Waals surface area contributed by atoms with Crippen LogP contribution in [0, 0.1) is 12.8 Å². The highest BCUT2D eigenvalue weighted by Gasteiger charge is 2.42. The number of carboxylic acid groups (broad SMARTS) is 1. The summed E-state index contributed by atoms with van der Waals surface area (Å²) in [6.07, 6.45) is 0. The van der Waals surface area contributed by atoms with Crippen molar-refractivity contribution in [2.45, 2.75) is 12.8 Å². The van der Waals surface area contributed by atoms with Crippen molar-refractivity contribution in [3.05, 3.63) is 70.8 Å². The molecule has 0 unspecified atom stereocenters. The van der Waals surface area contributed by atoms with Gasteiger partial charge in [0, 0.05) is 19.0 Å². The Balaban J connectivity index is 1.51. The normalized spacial score (nSPS) is 20.9. The van der Waals surface area contributed by atoms with Crippen molar-refractivity contribution in [3.63, 3.8) is 0 Å². The van der Waals surface area contributed by atoms with Crippen molar-refractivity contribution in [1.29, 1.82) is 0 Å². The van der Waals surface area contributed by atoms with E-state index in [-0.39, 0.29) is 25.6 Å². The molecule has 1 N–H and O–H groups in total. The van der Waals surface area contributed by atoms with Gasteiger partial charge in [0.1, 0.15) is 6.54 Å². The Bertz CT molecular complexity index is 1020. The van der Waals surface area contributed by atoms with Gasteiger partial charge in [-0.05, 0) is 24.6 Å². The summed E-state index contributed by atoms with van der Waals surface area (Å²) in [5.74, 6) is -3.44. The molecule has 2 aliphatic rings. The first-order valence-electron chi connectivity index (χ1n) is 9.39. The number of nitrogens with zero attached hydrogens (tertiary/aromatic N) is 2. The third kappa shape index (κ3) is 3.29. The number of hydrogen-bond acceptors (Lipinski definition) is 4. The van der Waals surface area contributed by atoms with Crippen LogP contribution in [0.25, 0.3) is 0 Å². The summed E-state index contributed by atoms with van der Waals surface area (Å²) >= 11 is 0. The molecule has 2 atom stereocenters. The molecule has 1 saturated heterocycles. The lowest BCUT2D eigenvalue weighted by Gasteiger charge is -2.20. The molecule has 0 aliphatic carbocycles. The minimum atomic E-state index is -0.967. The predicted octanol–water partition coefficient (Wildman–Crippen LogP) is 1.92. The quantitative estimate of drug-likeness (QED) is 0.802. The molecule has 29 heavy (non-hydrogen) atoms. The molecular weight excluding hydrogens is 372 g/mol. The van der Waals surface area contributed by atoms with Crippen molar-refractivity contribution >= 4 is 23.7 Å². The molecule has 2 aliphatic heterocycles. The van der Waals surface area contributed by atoms with E-state index in [0.717, 1.165) is 16.0 Å². The van der Waals surface area contributed by atoms with Crippen LogP contribution in [0.15, 0.2) is 48.5 Å². The predicted molar refractivity (Wildman–Crippen MR) is 103 cm³/mol. The van der Waals surface area contributed by atoms with Crippen LogP contribution < -0.4 is 0 Å². The minimum absolute atomic E-state index is 0.0516. The molecule has 1 fully saturated rings. The summed E-state index contributed by atoms with van der Waals surface area (Å²) in [5, 5.41) is 9.60. The molecule has 2 aromatic rings. The summed E-state index contributed by atoms with van der Waals surface area (Å²) in [6, 6.07) is 14.2. The number of carbonyl (C=O) groups excluding carboxylic acids is 3. The molecule has 148 valence electrons. The highest BCUT2D eigenvalue weighted by molar-refractivity contribution is 6.22. The fraction of sp³-hybridized carbons (Fsp3) is 0.273. The average molecular weight is 392 g/mol. The topological polar surface area (TPSA) is 95.0 Å². The van der Waals surface area contributed by atoms with Gasteiger partial charge >= 0.3 is 5.97 Å². The SMILES string of the molecule is Cc1ccc2c(c1)C(=O)N(CC(=O)N1C[C@H](C(=O)O)[C@H](c3ccccc3)C1)C2=O. The fourth-order valence-electron chi connectivity index (χ4n) is 4.08. The lowest BCUT2D eigenvalue weighted by Crippen LogP contribution is -2.42. The number of imide groups is 1. The Kier molecular flexibility index (Phi) is 4.66. The van der Waals surface area contributed by atoms with E-state index in [0.29, 0.717) is 11.1 Å². The molecule has 0 bridgehead atoms. The number of carboxylic acids is 1. The first-order chi connectivity index (χ1) is 13.9. The van der Waals surface area contributed by atoms with Crippen molar-refractivity contribution in [1.82, 2.24) is 9.80 Å². The number of hydrogen-bond donors (Lipinski definition) is 1. The number of rotatable bonds is 4. The third-order valence-corrected chi connectivity index (χ3v) is 5.64.